The minimum Gasteiger partial charge on any atom is -0.324 e. The van der Waals surface area contributed by atoms with E-state index in [1.54, 1.807) is 0 Å². The van der Waals surface area contributed by atoms with E-state index in [4.69, 9.17) is 5.73 Å². The molecule has 2 nitrogen and oxygen atoms in total. The van der Waals surface area contributed by atoms with Gasteiger partial charge in [-0.15, -0.1) is 0 Å². The Bertz CT molecular complexity index is 248. The average Bonchev–Trinajstić information content (AvgIpc) is 2.89. The van der Waals surface area contributed by atoms with E-state index in [0.29, 0.717) is 16.9 Å². The van der Waals surface area contributed by atoms with Gasteiger partial charge in [-0.1, -0.05) is 27.7 Å². The Morgan fingerprint density at radius 1 is 1.20 bits per heavy atom. The molecular formula is C13H26N2. The van der Waals surface area contributed by atoms with Crippen molar-refractivity contribution in [2.75, 3.05) is 6.54 Å². The Morgan fingerprint density at radius 2 is 1.67 bits per heavy atom. The molecule has 2 aliphatic carbocycles. The number of nitrogens with two attached hydrogens (primary N) is 1. The van der Waals surface area contributed by atoms with Gasteiger partial charge in [-0.05, 0) is 36.5 Å². The second-order valence-electron chi connectivity index (χ2n) is 7.04. The molecule has 15 heavy (non-hydrogen) atoms. The fraction of sp³-hybridized carbons (Fsp3) is 1.00. The number of hydrogen-bond donors (Lipinski definition) is 2. The second-order valence-corrected chi connectivity index (χ2v) is 7.04. The zero-order valence-corrected chi connectivity index (χ0v) is 10.9. The van der Waals surface area contributed by atoms with E-state index in [-0.39, 0.29) is 5.54 Å². The lowest BCUT2D eigenvalue weighted by Gasteiger charge is -2.25. The van der Waals surface area contributed by atoms with Crippen molar-refractivity contribution in [3.05, 3.63) is 0 Å². The van der Waals surface area contributed by atoms with Crippen LogP contribution >= 0.6 is 0 Å². The molecule has 1 unspecified atom stereocenters. The van der Waals surface area contributed by atoms with E-state index in [0.717, 1.165) is 12.5 Å². The highest BCUT2D eigenvalue weighted by atomic mass is 15.1. The molecule has 0 radical (unpaired) electrons. The summed E-state index contributed by atoms with van der Waals surface area (Å²) in [5.74, 6) is 0.759. The van der Waals surface area contributed by atoms with Crippen LogP contribution in [0.25, 0.3) is 0 Å². The molecule has 0 amide bonds. The molecule has 0 saturated heterocycles. The first-order chi connectivity index (χ1) is 6.69. The molecule has 0 aliphatic heterocycles. The molecule has 2 fully saturated rings. The van der Waals surface area contributed by atoms with Crippen LogP contribution in [0.4, 0.5) is 0 Å². The Hall–Kier alpha value is -0.0800. The number of nitrogens with one attached hydrogen (secondary N) is 1. The van der Waals surface area contributed by atoms with Crippen molar-refractivity contribution < 1.29 is 0 Å². The summed E-state index contributed by atoms with van der Waals surface area (Å²) in [6, 6.07) is 0.631. The van der Waals surface area contributed by atoms with Gasteiger partial charge in [0.15, 0.2) is 0 Å². The summed E-state index contributed by atoms with van der Waals surface area (Å²) >= 11 is 0. The number of rotatable bonds is 4. The van der Waals surface area contributed by atoms with Crippen molar-refractivity contribution >= 4 is 0 Å². The summed E-state index contributed by atoms with van der Waals surface area (Å²) in [5, 5.41) is 3.67. The fourth-order valence-electron chi connectivity index (χ4n) is 2.92. The third-order valence-corrected chi connectivity index (χ3v) is 5.22. The molecule has 2 saturated carbocycles. The van der Waals surface area contributed by atoms with Crippen LogP contribution in [0.5, 0.6) is 0 Å². The first kappa shape index (κ1) is 11.4. The van der Waals surface area contributed by atoms with E-state index in [2.05, 4.69) is 39.9 Å². The molecule has 0 aromatic rings. The molecule has 0 heterocycles. The van der Waals surface area contributed by atoms with Crippen molar-refractivity contribution in [2.45, 2.75) is 59.0 Å². The molecule has 1 atom stereocenters. The lowest BCUT2D eigenvalue weighted by Crippen LogP contribution is -2.49. The summed E-state index contributed by atoms with van der Waals surface area (Å²) in [4.78, 5) is 0. The molecule has 88 valence electrons. The standard InChI is InChI=1S/C13H26N2/c1-11(2)10(12(11,3)4)15-8-13(5,14)9-6-7-9/h9-10,15H,6-8,14H2,1-5H3. The van der Waals surface area contributed by atoms with Crippen LogP contribution in [-0.4, -0.2) is 18.1 Å². The first-order valence-electron chi connectivity index (χ1n) is 6.22. The zero-order valence-electron chi connectivity index (χ0n) is 10.9. The second kappa shape index (κ2) is 2.98. The minimum atomic E-state index is 0.00868. The Kier molecular flexibility index (Phi) is 2.27. The third-order valence-electron chi connectivity index (χ3n) is 5.22. The van der Waals surface area contributed by atoms with Crippen LogP contribution < -0.4 is 11.1 Å². The van der Waals surface area contributed by atoms with E-state index in [1.807, 2.05) is 0 Å². The van der Waals surface area contributed by atoms with Gasteiger partial charge in [-0.25, -0.2) is 0 Å². The maximum Gasteiger partial charge on any atom is 0.0280 e. The summed E-state index contributed by atoms with van der Waals surface area (Å²) in [6.45, 7) is 12.5. The molecule has 0 spiro atoms. The quantitative estimate of drug-likeness (QED) is 0.746. The van der Waals surface area contributed by atoms with E-state index in [1.165, 1.54) is 12.8 Å². The van der Waals surface area contributed by atoms with Crippen LogP contribution in [0.1, 0.15) is 47.5 Å². The monoisotopic (exact) mass is 210 g/mol. The van der Waals surface area contributed by atoms with E-state index >= 15 is 0 Å². The largest absolute Gasteiger partial charge is 0.324 e. The van der Waals surface area contributed by atoms with Gasteiger partial charge in [0.25, 0.3) is 0 Å². The SMILES string of the molecule is CC(N)(CNC1C(C)(C)C1(C)C)C1CC1. The minimum absolute atomic E-state index is 0.00868. The topological polar surface area (TPSA) is 38.0 Å². The van der Waals surface area contributed by atoms with Gasteiger partial charge in [0.05, 0.1) is 0 Å². The van der Waals surface area contributed by atoms with Crippen molar-refractivity contribution in [1.82, 2.24) is 5.32 Å². The van der Waals surface area contributed by atoms with Gasteiger partial charge >= 0.3 is 0 Å². The van der Waals surface area contributed by atoms with Gasteiger partial charge in [-0.2, -0.15) is 0 Å². The normalized spacial score (nSPS) is 32.4. The van der Waals surface area contributed by atoms with Gasteiger partial charge in [0, 0.05) is 18.1 Å². The average molecular weight is 210 g/mol. The predicted molar refractivity (Wildman–Crippen MR) is 64.7 cm³/mol. The molecule has 2 heteroatoms. The molecule has 2 aliphatic rings. The highest BCUT2D eigenvalue weighted by Crippen LogP contribution is 2.62. The Morgan fingerprint density at radius 3 is 2.00 bits per heavy atom. The third kappa shape index (κ3) is 1.72. The zero-order chi connectivity index (χ0) is 11.5. The van der Waals surface area contributed by atoms with Crippen molar-refractivity contribution in [3.8, 4) is 0 Å². The van der Waals surface area contributed by atoms with Gasteiger partial charge in [0.1, 0.15) is 0 Å². The van der Waals surface area contributed by atoms with Crippen LogP contribution in [0, 0.1) is 16.7 Å². The Balaban J connectivity index is 1.85. The van der Waals surface area contributed by atoms with E-state index in [9.17, 15) is 0 Å². The molecule has 0 aromatic carbocycles. The summed E-state index contributed by atoms with van der Waals surface area (Å²) in [7, 11) is 0. The highest BCUT2D eigenvalue weighted by Gasteiger charge is 2.64. The fourth-order valence-corrected chi connectivity index (χ4v) is 2.92. The van der Waals surface area contributed by atoms with Crippen LogP contribution in [-0.2, 0) is 0 Å². The number of hydrogen-bond acceptors (Lipinski definition) is 2. The predicted octanol–water partition coefficient (Wildman–Crippen LogP) is 2.14. The highest BCUT2D eigenvalue weighted by molar-refractivity contribution is 5.18. The van der Waals surface area contributed by atoms with E-state index < -0.39 is 0 Å². The molecule has 0 bridgehead atoms. The van der Waals surface area contributed by atoms with Gasteiger partial charge in [-0.3, -0.25) is 0 Å². The first-order valence-corrected chi connectivity index (χ1v) is 6.22. The van der Waals surface area contributed by atoms with Crippen LogP contribution in [0.15, 0.2) is 0 Å². The Labute approximate surface area is 94.0 Å². The molecule has 2 rings (SSSR count). The maximum absolute atomic E-state index is 6.31. The summed E-state index contributed by atoms with van der Waals surface area (Å²) < 4.78 is 0. The molecular weight excluding hydrogens is 184 g/mol. The van der Waals surface area contributed by atoms with Crippen molar-refractivity contribution in [2.24, 2.45) is 22.5 Å². The van der Waals surface area contributed by atoms with Crippen molar-refractivity contribution in [3.63, 3.8) is 0 Å². The van der Waals surface area contributed by atoms with Gasteiger partial charge < -0.3 is 11.1 Å². The van der Waals surface area contributed by atoms with Crippen LogP contribution in [0.3, 0.4) is 0 Å². The summed E-state index contributed by atoms with van der Waals surface area (Å²) in [6.07, 6.45) is 2.65. The lowest BCUT2D eigenvalue weighted by atomic mass is 9.97. The molecule has 0 aromatic heterocycles. The molecule has 3 N–H and O–H groups in total. The lowest BCUT2D eigenvalue weighted by molar-refractivity contribution is 0.366. The summed E-state index contributed by atoms with van der Waals surface area (Å²) in [5.41, 5.74) is 7.17. The maximum atomic E-state index is 6.31. The van der Waals surface area contributed by atoms with Crippen LogP contribution in [0.2, 0.25) is 0 Å². The van der Waals surface area contributed by atoms with Gasteiger partial charge in [0.2, 0.25) is 0 Å². The smallest absolute Gasteiger partial charge is 0.0280 e. The van der Waals surface area contributed by atoms with Crippen molar-refractivity contribution in [1.29, 1.82) is 0 Å².